The van der Waals surface area contributed by atoms with E-state index in [1.54, 1.807) is 20.3 Å². The summed E-state index contributed by atoms with van der Waals surface area (Å²) in [6.07, 6.45) is 0. The van der Waals surface area contributed by atoms with Crippen LogP contribution in [0.5, 0.6) is 0 Å². The Morgan fingerprint density at radius 1 is 1.12 bits per heavy atom. The van der Waals surface area contributed by atoms with Crippen molar-refractivity contribution < 1.29 is 14.0 Å². The van der Waals surface area contributed by atoms with Gasteiger partial charge in [-0.25, -0.2) is 0 Å². The van der Waals surface area contributed by atoms with Crippen LogP contribution < -0.4 is 5.56 Å². The second-order valence-electron chi connectivity index (χ2n) is 5.77. The van der Waals surface area contributed by atoms with Crippen molar-refractivity contribution in [2.24, 2.45) is 0 Å². The van der Waals surface area contributed by atoms with Crippen LogP contribution in [-0.4, -0.2) is 29.3 Å². The standard InChI is InChI=1S/C18H17N3O4/c1-23-8-10-7-14(21-25-10)16-12(9-24-2)15-11-5-3-4-6-13(11)19-17(15)18(22)20-16/h3-7,19H,8-9H2,1-2H3,(H,20,22). The normalized spacial score (nSPS) is 11.6. The number of hydrogen-bond acceptors (Lipinski definition) is 5. The fraction of sp³-hybridized carbons (Fsp3) is 0.222. The molecule has 0 aliphatic carbocycles. The third-order valence-corrected chi connectivity index (χ3v) is 4.17. The number of para-hydroxylation sites is 1. The zero-order chi connectivity index (χ0) is 17.4. The van der Waals surface area contributed by atoms with Gasteiger partial charge in [0.25, 0.3) is 5.56 Å². The molecule has 0 radical (unpaired) electrons. The summed E-state index contributed by atoms with van der Waals surface area (Å²) in [7, 11) is 3.20. The third kappa shape index (κ3) is 2.54. The van der Waals surface area contributed by atoms with Gasteiger partial charge < -0.3 is 24.0 Å². The number of aromatic amines is 2. The number of fused-ring (bicyclic) bond motifs is 3. The maximum atomic E-state index is 12.6. The molecular formula is C18H17N3O4. The molecule has 1 aromatic carbocycles. The Morgan fingerprint density at radius 3 is 2.72 bits per heavy atom. The fourth-order valence-electron chi connectivity index (χ4n) is 3.15. The van der Waals surface area contributed by atoms with Crippen molar-refractivity contribution in [3.05, 3.63) is 52.0 Å². The number of nitrogens with one attached hydrogen (secondary N) is 2. The number of methoxy groups -OCH3 is 2. The molecule has 0 unspecified atom stereocenters. The minimum Gasteiger partial charge on any atom is -0.380 e. The first-order valence-corrected chi connectivity index (χ1v) is 7.82. The van der Waals surface area contributed by atoms with Crippen molar-refractivity contribution in [2.75, 3.05) is 14.2 Å². The van der Waals surface area contributed by atoms with Gasteiger partial charge in [-0.3, -0.25) is 4.79 Å². The first kappa shape index (κ1) is 15.6. The lowest BCUT2D eigenvalue weighted by Crippen LogP contribution is -2.11. The van der Waals surface area contributed by atoms with Crippen LogP contribution in [0.15, 0.2) is 39.6 Å². The van der Waals surface area contributed by atoms with Gasteiger partial charge >= 0.3 is 0 Å². The average Bonchev–Trinajstić information content (AvgIpc) is 3.22. The quantitative estimate of drug-likeness (QED) is 0.583. The molecule has 7 heteroatoms. The maximum Gasteiger partial charge on any atom is 0.272 e. The van der Waals surface area contributed by atoms with Crippen LogP contribution in [0.4, 0.5) is 0 Å². The summed E-state index contributed by atoms with van der Waals surface area (Å²) in [6, 6.07) is 9.56. The molecule has 3 aromatic heterocycles. The van der Waals surface area contributed by atoms with Crippen LogP contribution >= 0.6 is 0 Å². The lowest BCUT2D eigenvalue weighted by molar-refractivity contribution is 0.156. The number of aromatic nitrogens is 3. The summed E-state index contributed by atoms with van der Waals surface area (Å²) in [5, 5.41) is 5.88. The van der Waals surface area contributed by atoms with Gasteiger partial charge in [0.1, 0.15) is 17.8 Å². The first-order chi connectivity index (χ1) is 12.2. The zero-order valence-corrected chi connectivity index (χ0v) is 13.9. The second-order valence-corrected chi connectivity index (χ2v) is 5.77. The predicted octanol–water partition coefficient (Wildman–Crippen LogP) is 2.96. The molecule has 2 N–H and O–H groups in total. The number of hydrogen-bond donors (Lipinski definition) is 2. The Balaban J connectivity index is 2.04. The maximum absolute atomic E-state index is 12.6. The van der Waals surface area contributed by atoms with E-state index >= 15 is 0 Å². The van der Waals surface area contributed by atoms with E-state index in [4.69, 9.17) is 14.0 Å². The van der Waals surface area contributed by atoms with Crippen LogP contribution in [0.3, 0.4) is 0 Å². The number of nitrogens with zero attached hydrogens (tertiary/aromatic N) is 1. The Bertz CT molecular complexity index is 1110. The van der Waals surface area contributed by atoms with Gasteiger partial charge in [0.05, 0.1) is 12.3 Å². The largest absolute Gasteiger partial charge is 0.380 e. The van der Waals surface area contributed by atoms with Crippen LogP contribution in [0.1, 0.15) is 11.3 Å². The number of ether oxygens (including phenoxy) is 2. The van der Waals surface area contributed by atoms with Crippen molar-refractivity contribution in [1.29, 1.82) is 0 Å². The monoisotopic (exact) mass is 339 g/mol. The molecule has 0 bridgehead atoms. The first-order valence-electron chi connectivity index (χ1n) is 7.82. The fourth-order valence-corrected chi connectivity index (χ4v) is 3.15. The van der Waals surface area contributed by atoms with Gasteiger partial charge in [-0.05, 0) is 6.07 Å². The minimum atomic E-state index is -0.211. The molecule has 3 heterocycles. The second kappa shape index (κ2) is 6.19. The van der Waals surface area contributed by atoms with Crippen molar-refractivity contribution in [1.82, 2.24) is 15.1 Å². The molecule has 0 amide bonds. The highest BCUT2D eigenvalue weighted by atomic mass is 16.5. The Hall–Kier alpha value is -2.90. The molecule has 0 fully saturated rings. The molecule has 0 aliphatic rings. The van der Waals surface area contributed by atoms with E-state index in [1.165, 1.54) is 0 Å². The lowest BCUT2D eigenvalue weighted by atomic mass is 10.0. The molecule has 25 heavy (non-hydrogen) atoms. The predicted molar refractivity (Wildman–Crippen MR) is 93.3 cm³/mol. The highest BCUT2D eigenvalue weighted by Gasteiger charge is 2.19. The van der Waals surface area contributed by atoms with Crippen molar-refractivity contribution >= 4 is 21.8 Å². The smallest absolute Gasteiger partial charge is 0.272 e. The van der Waals surface area contributed by atoms with Gasteiger partial charge in [-0.15, -0.1) is 0 Å². The van der Waals surface area contributed by atoms with Crippen molar-refractivity contribution in [3.8, 4) is 11.4 Å². The van der Waals surface area contributed by atoms with Gasteiger partial charge in [-0.2, -0.15) is 0 Å². The molecule has 0 saturated heterocycles. The number of pyridine rings is 1. The van der Waals surface area contributed by atoms with E-state index in [9.17, 15) is 4.79 Å². The summed E-state index contributed by atoms with van der Waals surface area (Å²) in [6.45, 7) is 0.642. The van der Waals surface area contributed by atoms with Gasteiger partial charge in [0.15, 0.2) is 5.76 Å². The molecule has 7 nitrogen and oxygen atoms in total. The van der Waals surface area contributed by atoms with Crippen LogP contribution in [0, 0.1) is 0 Å². The van der Waals surface area contributed by atoms with Crippen molar-refractivity contribution in [3.63, 3.8) is 0 Å². The Morgan fingerprint density at radius 2 is 1.92 bits per heavy atom. The van der Waals surface area contributed by atoms with E-state index in [0.717, 1.165) is 21.9 Å². The van der Waals surface area contributed by atoms with Gasteiger partial charge in [-0.1, -0.05) is 23.4 Å². The molecule has 0 spiro atoms. The topological polar surface area (TPSA) is 93.1 Å². The molecule has 0 atom stereocenters. The minimum absolute atomic E-state index is 0.211. The summed E-state index contributed by atoms with van der Waals surface area (Å²) in [5.74, 6) is 0.584. The zero-order valence-electron chi connectivity index (χ0n) is 13.9. The Kier molecular flexibility index (Phi) is 3.87. The van der Waals surface area contributed by atoms with Crippen molar-refractivity contribution in [2.45, 2.75) is 13.2 Å². The SMILES string of the molecule is COCc1cc(-c2[nH]c(=O)c3[nH]c4ccccc4c3c2COC)no1. The Labute approximate surface area is 142 Å². The van der Waals surface area contributed by atoms with Crippen LogP contribution in [0.25, 0.3) is 33.2 Å². The summed E-state index contributed by atoms with van der Waals surface area (Å²) >= 11 is 0. The van der Waals surface area contributed by atoms with E-state index in [-0.39, 0.29) is 5.56 Å². The molecule has 0 saturated carbocycles. The molecule has 128 valence electrons. The third-order valence-electron chi connectivity index (χ3n) is 4.17. The summed E-state index contributed by atoms with van der Waals surface area (Å²) < 4.78 is 15.7. The van der Waals surface area contributed by atoms with Gasteiger partial charge in [0, 0.05) is 42.1 Å². The van der Waals surface area contributed by atoms with Crippen LogP contribution in [-0.2, 0) is 22.7 Å². The van der Waals surface area contributed by atoms with E-state index in [2.05, 4.69) is 15.1 Å². The summed E-state index contributed by atoms with van der Waals surface area (Å²) in [4.78, 5) is 18.7. The highest BCUT2D eigenvalue weighted by molar-refractivity contribution is 6.09. The molecular weight excluding hydrogens is 322 g/mol. The summed E-state index contributed by atoms with van der Waals surface area (Å²) in [5.41, 5.74) is 3.21. The molecule has 0 aliphatic heterocycles. The number of H-pyrrole nitrogens is 2. The molecule has 4 rings (SSSR count). The number of benzene rings is 1. The van der Waals surface area contributed by atoms with Crippen LogP contribution in [0.2, 0.25) is 0 Å². The van der Waals surface area contributed by atoms with E-state index in [1.807, 2.05) is 24.3 Å². The van der Waals surface area contributed by atoms with E-state index < -0.39 is 0 Å². The van der Waals surface area contributed by atoms with Gasteiger partial charge in [0.2, 0.25) is 0 Å². The number of rotatable bonds is 5. The molecule has 4 aromatic rings. The average molecular weight is 339 g/mol. The lowest BCUT2D eigenvalue weighted by Gasteiger charge is -2.08. The highest BCUT2D eigenvalue weighted by Crippen LogP contribution is 2.32. The van der Waals surface area contributed by atoms with E-state index in [0.29, 0.717) is 35.9 Å².